The predicted octanol–water partition coefficient (Wildman–Crippen LogP) is 3.43. The molecule has 0 unspecified atom stereocenters. The largest absolute Gasteiger partial charge is 0.475 e. The first-order valence-electron chi connectivity index (χ1n) is 6.92. The van der Waals surface area contributed by atoms with E-state index in [0.29, 0.717) is 30.7 Å². The molecule has 20 heavy (non-hydrogen) atoms. The lowest BCUT2D eigenvalue weighted by atomic mass is 10.1. The van der Waals surface area contributed by atoms with E-state index >= 15 is 0 Å². The number of aromatic nitrogens is 1. The summed E-state index contributed by atoms with van der Waals surface area (Å²) in [7, 11) is 0. The number of rotatable bonds is 7. The van der Waals surface area contributed by atoms with Gasteiger partial charge in [-0.25, -0.2) is 4.98 Å². The lowest BCUT2D eigenvalue weighted by Crippen LogP contribution is -2.35. The van der Waals surface area contributed by atoms with Gasteiger partial charge in [-0.1, -0.05) is 11.6 Å². The summed E-state index contributed by atoms with van der Waals surface area (Å²) < 4.78 is 11.0. The second-order valence-electron chi connectivity index (χ2n) is 5.99. The van der Waals surface area contributed by atoms with Crippen LogP contribution in [0.15, 0.2) is 12.3 Å². The van der Waals surface area contributed by atoms with Crippen LogP contribution in [0, 0.1) is 0 Å². The van der Waals surface area contributed by atoms with Gasteiger partial charge in [0.2, 0.25) is 5.88 Å². The average Bonchev–Trinajstić information content (AvgIpc) is 2.33. The summed E-state index contributed by atoms with van der Waals surface area (Å²) in [6.07, 6.45) is 1.84. The van der Waals surface area contributed by atoms with Gasteiger partial charge in [-0.15, -0.1) is 0 Å². The number of hydrogen-bond acceptors (Lipinski definition) is 4. The fourth-order valence-electron chi connectivity index (χ4n) is 1.46. The minimum atomic E-state index is 0.0404. The average molecular weight is 301 g/mol. The van der Waals surface area contributed by atoms with E-state index in [9.17, 15) is 0 Å². The third-order valence-electron chi connectivity index (χ3n) is 2.50. The minimum Gasteiger partial charge on any atom is -0.475 e. The molecule has 1 aromatic heterocycles. The van der Waals surface area contributed by atoms with Crippen molar-refractivity contribution in [3.05, 3.63) is 22.8 Å². The van der Waals surface area contributed by atoms with Crippen molar-refractivity contribution in [3.8, 4) is 5.88 Å². The fourth-order valence-corrected chi connectivity index (χ4v) is 1.63. The molecule has 0 amide bonds. The van der Waals surface area contributed by atoms with Gasteiger partial charge in [0.05, 0.1) is 17.7 Å². The molecule has 0 radical (unpaired) electrons. The summed E-state index contributed by atoms with van der Waals surface area (Å²) in [5.41, 5.74) is 1.02. The van der Waals surface area contributed by atoms with Crippen molar-refractivity contribution < 1.29 is 9.47 Å². The highest BCUT2D eigenvalue weighted by Gasteiger charge is 2.11. The van der Waals surface area contributed by atoms with Crippen LogP contribution < -0.4 is 10.1 Å². The first kappa shape index (κ1) is 17.2. The summed E-state index contributed by atoms with van der Waals surface area (Å²) in [6.45, 7) is 12.1. The summed E-state index contributed by atoms with van der Waals surface area (Å²) in [6, 6.07) is 1.87. The van der Waals surface area contributed by atoms with Crippen molar-refractivity contribution in [2.24, 2.45) is 0 Å². The van der Waals surface area contributed by atoms with E-state index < -0.39 is 0 Å². The quantitative estimate of drug-likeness (QED) is 0.784. The molecule has 0 aliphatic heterocycles. The Kier molecular flexibility index (Phi) is 6.72. The van der Waals surface area contributed by atoms with Crippen LogP contribution in [0.25, 0.3) is 0 Å². The maximum Gasteiger partial charge on any atom is 0.213 e. The molecular formula is C15H25ClN2O2. The summed E-state index contributed by atoms with van der Waals surface area (Å²) in [4.78, 5) is 4.16. The van der Waals surface area contributed by atoms with E-state index in [-0.39, 0.29) is 11.6 Å². The number of nitrogens with one attached hydrogen (secondary N) is 1. The Balaban J connectivity index is 2.53. The lowest BCUT2D eigenvalue weighted by molar-refractivity contribution is 0.0542. The number of nitrogens with zero attached hydrogens (tertiary/aromatic N) is 1. The van der Waals surface area contributed by atoms with E-state index in [0.717, 1.165) is 5.56 Å². The molecule has 0 aromatic carbocycles. The van der Waals surface area contributed by atoms with Crippen LogP contribution in [0.1, 0.15) is 40.2 Å². The standard InChI is InChI=1S/C15H25ClN2O2/c1-11(2)19-6-7-20-14-8-12(13(16)10-17-14)9-18-15(3,4)5/h8,10-11,18H,6-7,9H2,1-5H3. The lowest BCUT2D eigenvalue weighted by Gasteiger charge is -2.21. The molecule has 5 heteroatoms. The molecule has 114 valence electrons. The molecule has 4 nitrogen and oxygen atoms in total. The molecule has 0 fully saturated rings. The van der Waals surface area contributed by atoms with Crippen LogP contribution in [0.2, 0.25) is 5.02 Å². The third-order valence-corrected chi connectivity index (χ3v) is 2.84. The Morgan fingerprint density at radius 3 is 2.60 bits per heavy atom. The number of halogens is 1. The zero-order valence-corrected chi connectivity index (χ0v) is 13.8. The van der Waals surface area contributed by atoms with Gasteiger partial charge in [0.1, 0.15) is 6.61 Å². The molecule has 0 spiro atoms. The van der Waals surface area contributed by atoms with Crippen LogP contribution in [0.5, 0.6) is 5.88 Å². The van der Waals surface area contributed by atoms with E-state index in [4.69, 9.17) is 21.1 Å². The van der Waals surface area contributed by atoms with Gasteiger partial charge in [-0.05, 0) is 40.2 Å². The van der Waals surface area contributed by atoms with Crippen molar-refractivity contribution in [3.63, 3.8) is 0 Å². The molecule has 1 aromatic rings. The molecule has 0 saturated heterocycles. The number of pyridine rings is 1. The molecular weight excluding hydrogens is 276 g/mol. The topological polar surface area (TPSA) is 43.4 Å². The van der Waals surface area contributed by atoms with Gasteiger partial charge < -0.3 is 14.8 Å². The van der Waals surface area contributed by atoms with Crippen LogP contribution in [0.4, 0.5) is 0 Å². The monoisotopic (exact) mass is 300 g/mol. The van der Waals surface area contributed by atoms with Crippen molar-refractivity contribution >= 4 is 11.6 Å². The normalized spacial score (nSPS) is 11.9. The van der Waals surface area contributed by atoms with Crippen molar-refractivity contribution in [1.82, 2.24) is 10.3 Å². The van der Waals surface area contributed by atoms with Crippen molar-refractivity contribution in [2.45, 2.75) is 52.8 Å². The second kappa shape index (κ2) is 7.81. The van der Waals surface area contributed by atoms with Gasteiger partial charge in [0.25, 0.3) is 0 Å². The second-order valence-corrected chi connectivity index (χ2v) is 6.39. The Labute approximate surface area is 126 Å². The van der Waals surface area contributed by atoms with Gasteiger partial charge in [-0.2, -0.15) is 0 Å². The fraction of sp³-hybridized carbons (Fsp3) is 0.667. The Morgan fingerprint density at radius 1 is 1.30 bits per heavy atom. The highest BCUT2D eigenvalue weighted by atomic mass is 35.5. The van der Waals surface area contributed by atoms with Crippen LogP contribution >= 0.6 is 11.6 Å². The summed E-state index contributed by atoms with van der Waals surface area (Å²) in [5, 5.41) is 4.04. The van der Waals surface area contributed by atoms with Crippen LogP contribution in [0.3, 0.4) is 0 Å². The van der Waals surface area contributed by atoms with Crippen molar-refractivity contribution in [2.75, 3.05) is 13.2 Å². The van der Waals surface area contributed by atoms with E-state index in [1.807, 2.05) is 19.9 Å². The smallest absolute Gasteiger partial charge is 0.213 e. The molecule has 1 rings (SSSR count). The molecule has 0 aliphatic rings. The van der Waals surface area contributed by atoms with Gasteiger partial charge in [-0.3, -0.25) is 0 Å². The summed E-state index contributed by atoms with van der Waals surface area (Å²) in [5.74, 6) is 0.576. The Hall–Kier alpha value is -0.840. The number of ether oxygens (including phenoxy) is 2. The highest BCUT2D eigenvalue weighted by molar-refractivity contribution is 6.31. The zero-order chi connectivity index (χ0) is 15.2. The zero-order valence-electron chi connectivity index (χ0n) is 13.0. The van der Waals surface area contributed by atoms with Crippen molar-refractivity contribution in [1.29, 1.82) is 0 Å². The predicted molar refractivity (Wildman–Crippen MR) is 82.4 cm³/mol. The highest BCUT2D eigenvalue weighted by Crippen LogP contribution is 2.20. The molecule has 0 atom stereocenters. The molecule has 0 aliphatic carbocycles. The first-order chi connectivity index (χ1) is 9.28. The molecule has 1 heterocycles. The summed E-state index contributed by atoms with van der Waals surface area (Å²) >= 11 is 6.15. The van der Waals surface area contributed by atoms with E-state index in [2.05, 4.69) is 31.1 Å². The SMILES string of the molecule is CC(C)OCCOc1cc(CNC(C)(C)C)c(Cl)cn1. The Morgan fingerprint density at radius 2 is 2.00 bits per heavy atom. The first-order valence-corrected chi connectivity index (χ1v) is 7.29. The van der Waals surface area contributed by atoms with Crippen LogP contribution in [-0.2, 0) is 11.3 Å². The molecule has 0 bridgehead atoms. The van der Waals surface area contributed by atoms with Gasteiger partial charge in [0, 0.05) is 24.3 Å². The van der Waals surface area contributed by atoms with Gasteiger partial charge >= 0.3 is 0 Å². The van der Waals surface area contributed by atoms with E-state index in [1.165, 1.54) is 0 Å². The van der Waals surface area contributed by atoms with Gasteiger partial charge in [0.15, 0.2) is 0 Å². The number of hydrogen-bond donors (Lipinski definition) is 1. The Bertz CT molecular complexity index is 417. The maximum absolute atomic E-state index is 6.15. The molecule has 1 N–H and O–H groups in total. The third kappa shape index (κ3) is 7.08. The molecule has 0 saturated carbocycles. The van der Waals surface area contributed by atoms with Crippen LogP contribution in [-0.4, -0.2) is 29.8 Å². The maximum atomic E-state index is 6.15. The minimum absolute atomic E-state index is 0.0404. The van der Waals surface area contributed by atoms with E-state index in [1.54, 1.807) is 6.20 Å².